The summed E-state index contributed by atoms with van der Waals surface area (Å²) in [6.45, 7) is 3.61. The molecule has 0 aromatic heterocycles. The monoisotopic (exact) mass is 198 g/mol. The Bertz CT molecular complexity index is 242. The Balaban J connectivity index is 5.15. The van der Waals surface area contributed by atoms with Gasteiger partial charge in [0.2, 0.25) is 0 Å². The molecule has 14 heavy (non-hydrogen) atoms. The Morgan fingerprint density at radius 1 is 1.00 bits per heavy atom. The average molecular weight is 198 g/mol. The van der Waals surface area contributed by atoms with Gasteiger partial charge in [0.1, 0.15) is 11.7 Å². The summed E-state index contributed by atoms with van der Waals surface area (Å²) in [7, 11) is 0. The topological polar surface area (TPSA) is 68.3 Å². The molecule has 4 nitrogen and oxygen atoms in total. The van der Waals surface area contributed by atoms with Gasteiger partial charge in [-0.05, 0) is 27.2 Å². The number of Topliss-reactive ketones (excluding diaryl/α,β-unsaturated/α-hetero) is 3. The van der Waals surface area contributed by atoms with Gasteiger partial charge in [0.25, 0.3) is 0 Å². The van der Waals surface area contributed by atoms with E-state index in [-0.39, 0.29) is 12.8 Å². The number of hydrogen-bond donors (Lipinski definition) is 0. The van der Waals surface area contributed by atoms with Crippen molar-refractivity contribution in [2.24, 2.45) is 5.41 Å². The van der Waals surface area contributed by atoms with Crippen LogP contribution in [0.3, 0.4) is 0 Å². The molecule has 0 unspecified atom stereocenters. The van der Waals surface area contributed by atoms with Crippen LogP contribution >= 0.6 is 0 Å². The van der Waals surface area contributed by atoms with Crippen LogP contribution in [0.1, 0.15) is 33.6 Å². The zero-order valence-corrected chi connectivity index (χ0v) is 8.62. The van der Waals surface area contributed by atoms with E-state index in [0.717, 1.165) is 0 Å². The Kier molecular flexibility index (Phi) is 4.34. The van der Waals surface area contributed by atoms with E-state index in [9.17, 15) is 19.2 Å². The van der Waals surface area contributed by atoms with Crippen molar-refractivity contribution in [3.05, 3.63) is 0 Å². The molecule has 0 aliphatic rings. The molecule has 0 bridgehead atoms. The third-order valence-corrected chi connectivity index (χ3v) is 2.44. The second-order valence-electron chi connectivity index (χ2n) is 3.28. The highest BCUT2D eigenvalue weighted by Crippen LogP contribution is 2.27. The molecule has 0 spiro atoms. The van der Waals surface area contributed by atoms with E-state index < -0.39 is 22.8 Å². The minimum absolute atomic E-state index is 0.0174. The van der Waals surface area contributed by atoms with Crippen LogP contribution in [-0.4, -0.2) is 23.6 Å². The van der Waals surface area contributed by atoms with E-state index in [0.29, 0.717) is 6.29 Å². The lowest BCUT2D eigenvalue weighted by molar-refractivity contribution is -0.146. The molecule has 0 aromatic carbocycles. The molecule has 0 radical (unpaired) electrons. The molecule has 0 amide bonds. The first-order valence-electron chi connectivity index (χ1n) is 4.36. The Morgan fingerprint density at radius 2 is 1.36 bits per heavy atom. The van der Waals surface area contributed by atoms with Crippen LogP contribution in [0.5, 0.6) is 0 Å². The van der Waals surface area contributed by atoms with Gasteiger partial charge < -0.3 is 4.79 Å². The highest BCUT2D eigenvalue weighted by molar-refractivity contribution is 6.22. The third kappa shape index (κ3) is 2.13. The fraction of sp³-hybridized carbons (Fsp3) is 0.600. The lowest BCUT2D eigenvalue weighted by Gasteiger charge is -2.24. The minimum Gasteiger partial charge on any atom is -0.303 e. The van der Waals surface area contributed by atoms with Gasteiger partial charge in [-0.25, -0.2) is 0 Å². The summed E-state index contributed by atoms with van der Waals surface area (Å²) in [5.74, 6) is -1.46. The molecule has 0 N–H and O–H groups in total. The van der Waals surface area contributed by atoms with Crippen molar-refractivity contribution in [1.29, 1.82) is 0 Å². The SMILES string of the molecule is CC(=O)C(CCC=O)(C(C)=O)C(C)=O. The molecule has 0 saturated heterocycles. The standard InChI is InChI=1S/C10H14O4/c1-7(12)10(8(2)13,9(3)14)5-4-6-11/h6H,4-5H2,1-3H3. The average Bonchev–Trinajstić information content (AvgIpc) is 2.03. The van der Waals surface area contributed by atoms with E-state index >= 15 is 0 Å². The van der Waals surface area contributed by atoms with E-state index in [1.54, 1.807) is 0 Å². The fourth-order valence-corrected chi connectivity index (χ4v) is 1.55. The van der Waals surface area contributed by atoms with Gasteiger partial charge in [-0.15, -0.1) is 0 Å². The molecule has 0 fully saturated rings. The van der Waals surface area contributed by atoms with Crippen LogP contribution in [0.2, 0.25) is 0 Å². The maximum Gasteiger partial charge on any atom is 0.150 e. The molecule has 0 saturated carbocycles. The van der Waals surface area contributed by atoms with Crippen molar-refractivity contribution in [2.45, 2.75) is 33.6 Å². The second kappa shape index (κ2) is 4.79. The minimum atomic E-state index is -1.60. The lowest BCUT2D eigenvalue weighted by Crippen LogP contribution is -2.43. The van der Waals surface area contributed by atoms with E-state index in [4.69, 9.17) is 0 Å². The lowest BCUT2D eigenvalue weighted by atomic mass is 9.73. The van der Waals surface area contributed by atoms with Gasteiger partial charge in [-0.3, -0.25) is 14.4 Å². The van der Waals surface area contributed by atoms with Crippen LogP contribution in [0.25, 0.3) is 0 Å². The quantitative estimate of drug-likeness (QED) is 0.466. The number of rotatable bonds is 6. The molecule has 0 atom stereocenters. The number of carbonyl (C=O) groups excluding carboxylic acids is 4. The molecule has 78 valence electrons. The van der Waals surface area contributed by atoms with Gasteiger partial charge in [0.05, 0.1) is 0 Å². The summed E-state index contributed by atoms with van der Waals surface area (Å²) in [5, 5.41) is 0. The van der Waals surface area contributed by atoms with E-state index in [2.05, 4.69) is 0 Å². The van der Waals surface area contributed by atoms with E-state index in [1.807, 2.05) is 0 Å². The summed E-state index contributed by atoms with van der Waals surface area (Å²) in [6, 6.07) is 0. The number of ketones is 3. The van der Waals surface area contributed by atoms with Crippen molar-refractivity contribution >= 4 is 23.6 Å². The molecular formula is C10H14O4. The maximum atomic E-state index is 11.3. The molecule has 0 aliphatic heterocycles. The van der Waals surface area contributed by atoms with Crippen molar-refractivity contribution in [3.63, 3.8) is 0 Å². The smallest absolute Gasteiger partial charge is 0.150 e. The van der Waals surface area contributed by atoms with Crippen LogP contribution in [-0.2, 0) is 19.2 Å². The second-order valence-corrected chi connectivity index (χ2v) is 3.28. The molecule has 0 aliphatic carbocycles. The summed E-state index contributed by atoms with van der Waals surface area (Å²) in [4.78, 5) is 44.1. The van der Waals surface area contributed by atoms with Crippen molar-refractivity contribution in [3.8, 4) is 0 Å². The molecule has 0 rings (SSSR count). The summed E-state index contributed by atoms with van der Waals surface area (Å²) >= 11 is 0. The van der Waals surface area contributed by atoms with Crippen LogP contribution in [0, 0.1) is 5.41 Å². The zero-order valence-electron chi connectivity index (χ0n) is 8.62. The predicted molar refractivity (Wildman–Crippen MR) is 49.8 cm³/mol. The van der Waals surface area contributed by atoms with Gasteiger partial charge in [0, 0.05) is 6.42 Å². The Morgan fingerprint density at radius 3 is 1.57 bits per heavy atom. The highest BCUT2D eigenvalue weighted by atomic mass is 16.2. The van der Waals surface area contributed by atoms with E-state index in [1.165, 1.54) is 20.8 Å². The van der Waals surface area contributed by atoms with Gasteiger partial charge in [-0.1, -0.05) is 0 Å². The van der Waals surface area contributed by atoms with Crippen molar-refractivity contribution < 1.29 is 19.2 Å². The molecule has 0 aromatic rings. The van der Waals surface area contributed by atoms with Gasteiger partial charge >= 0.3 is 0 Å². The largest absolute Gasteiger partial charge is 0.303 e. The van der Waals surface area contributed by atoms with Gasteiger partial charge in [0.15, 0.2) is 17.3 Å². The zero-order chi connectivity index (χ0) is 11.4. The van der Waals surface area contributed by atoms with Crippen molar-refractivity contribution in [2.75, 3.05) is 0 Å². The van der Waals surface area contributed by atoms with Gasteiger partial charge in [-0.2, -0.15) is 0 Å². The first kappa shape index (κ1) is 12.7. The number of aldehydes is 1. The highest BCUT2D eigenvalue weighted by Gasteiger charge is 2.44. The normalized spacial score (nSPS) is 10.8. The van der Waals surface area contributed by atoms with Crippen LogP contribution in [0.15, 0.2) is 0 Å². The van der Waals surface area contributed by atoms with Crippen LogP contribution in [0.4, 0.5) is 0 Å². The summed E-state index contributed by atoms with van der Waals surface area (Å²) in [5.41, 5.74) is -1.60. The summed E-state index contributed by atoms with van der Waals surface area (Å²) in [6.07, 6.45) is 0.624. The molecule has 0 heterocycles. The summed E-state index contributed by atoms with van der Waals surface area (Å²) < 4.78 is 0. The molecule has 4 heteroatoms. The number of hydrogen-bond acceptors (Lipinski definition) is 4. The maximum absolute atomic E-state index is 11.3. The Hall–Kier alpha value is -1.32. The third-order valence-electron chi connectivity index (χ3n) is 2.44. The first-order valence-corrected chi connectivity index (χ1v) is 4.36. The van der Waals surface area contributed by atoms with Crippen molar-refractivity contribution in [1.82, 2.24) is 0 Å². The van der Waals surface area contributed by atoms with Crippen LogP contribution < -0.4 is 0 Å². The fourth-order valence-electron chi connectivity index (χ4n) is 1.55. The Labute approximate surface area is 82.7 Å². The predicted octanol–water partition coefficient (Wildman–Crippen LogP) is 0.719. The molecular weight excluding hydrogens is 184 g/mol. The number of carbonyl (C=O) groups is 4. The first-order chi connectivity index (χ1) is 6.39.